The Hall–Kier alpha value is -4.93. The Morgan fingerprint density at radius 3 is 2.04 bits per heavy atom. The van der Waals surface area contributed by atoms with Crippen LogP contribution >= 0.6 is 0 Å². The molecule has 0 aliphatic carbocycles. The summed E-state index contributed by atoms with van der Waals surface area (Å²) in [6.45, 7) is -0.692. The minimum atomic E-state index is -1.82. The highest BCUT2D eigenvalue weighted by Crippen LogP contribution is 2.57. The summed E-state index contributed by atoms with van der Waals surface area (Å²) in [6, 6.07) is 11.8. The summed E-state index contributed by atoms with van der Waals surface area (Å²) in [4.78, 5) is 38.8. The number of esters is 1. The zero-order chi connectivity index (χ0) is 40.1. The first kappa shape index (κ1) is 39.3. The molecule has 2 fully saturated rings. The average Bonchev–Trinajstić information content (AvgIpc) is 3.46. The summed E-state index contributed by atoms with van der Waals surface area (Å²) in [6.07, 6.45) is -14.1. The van der Waals surface area contributed by atoms with Crippen LogP contribution in [0.25, 0.3) is 0 Å². The second kappa shape index (κ2) is 15.5. The highest BCUT2D eigenvalue weighted by atomic mass is 16.7. The number of hydrogen-bond donors (Lipinski definition) is 10. The van der Waals surface area contributed by atoms with Gasteiger partial charge in [0.05, 0.1) is 25.4 Å². The maximum Gasteiger partial charge on any atom is 0.340 e. The molecular weight excluding hydrogens is 744 g/mol. The lowest BCUT2D eigenvalue weighted by Gasteiger charge is -2.47. The van der Waals surface area contributed by atoms with Crippen molar-refractivity contribution in [3.8, 4) is 23.0 Å². The molecule has 19 heteroatoms. The molecule has 4 aliphatic rings. The number of carbonyl (C=O) groups excluding carboxylic acids is 3. The van der Waals surface area contributed by atoms with Crippen LogP contribution in [0.3, 0.4) is 0 Å². The molecule has 0 saturated carbocycles. The van der Waals surface area contributed by atoms with Crippen LogP contribution in [0.4, 0.5) is 0 Å². The van der Waals surface area contributed by atoms with Crippen LogP contribution in [0.15, 0.2) is 54.6 Å². The molecule has 2 saturated heterocycles. The molecule has 0 radical (unpaired) electrons. The molecule has 0 unspecified atom stereocenters. The van der Waals surface area contributed by atoms with Crippen molar-refractivity contribution in [1.82, 2.24) is 10.6 Å². The molecule has 0 aromatic heterocycles. The summed E-state index contributed by atoms with van der Waals surface area (Å²) in [7, 11) is 0. The number of phenolic OH excluding ortho intramolecular Hbond substituents is 2. The number of carbonyl (C=O) groups is 3. The summed E-state index contributed by atoms with van der Waals surface area (Å²) in [5.74, 6) is -1.74. The van der Waals surface area contributed by atoms with E-state index in [0.29, 0.717) is 16.7 Å². The molecule has 7 rings (SSSR count). The lowest BCUT2D eigenvalue weighted by molar-refractivity contribution is -0.348. The lowest BCUT2D eigenvalue weighted by atomic mass is 9.77. The normalized spacial score (nSPS) is 30.0. The number of phenols is 2. The van der Waals surface area contributed by atoms with Crippen molar-refractivity contribution in [3.63, 3.8) is 0 Å². The Morgan fingerprint density at radius 2 is 1.41 bits per heavy atom. The monoisotopic (exact) mass is 784 g/mol. The highest BCUT2D eigenvalue weighted by molar-refractivity contribution is 6.01. The second-order valence-electron chi connectivity index (χ2n) is 13.7. The zero-order valence-corrected chi connectivity index (χ0v) is 29.6. The Morgan fingerprint density at radius 1 is 0.786 bits per heavy atom. The number of amides is 2. The third kappa shape index (κ3) is 6.91. The molecule has 10 N–H and O–H groups in total. The van der Waals surface area contributed by atoms with E-state index in [1.165, 1.54) is 43.3 Å². The van der Waals surface area contributed by atoms with Gasteiger partial charge in [0, 0.05) is 47.9 Å². The molecule has 10 atom stereocenters. The maximum absolute atomic E-state index is 13.4. The Kier molecular flexibility index (Phi) is 10.9. The van der Waals surface area contributed by atoms with Gasteiger partial charge in [-0.2, -0.15) is 0 Å². The lowest BCUT2D eigenvalue weighted by Crippen LogP contribution is -2.67. The van der Waals surface area contributed by atoms with Crippen LogP contribution in [-0.4, -0.2) is 146 Å². The minimum Gasteiger partial charge on any atom is -0.508 e. The molecule has 19 nitrogen and oxygen atoms in total. The molecule has 1 spiro atoms. The Balaban J connectivity index is 1.03. The molecule has 4 heterocycles. The third-order valence-electron chi connectivity index (χ3n) is 10.1. The van der Waals surface area contributed by atoms with Crippen molar-refractivity contribution in [3.05, 3.63) is 82.4 Å². The number of ether oxygens (including phenoxy) is 6. The summed E-state index contributed by atoms with van der Waals surface area (Å²) >= 11 is 0. The van der Waals surface area contributed by atoms with Crippen molar-refractivity contribution in [2.45, 2.75) is 73.9 Å². The van der Waals surface area contributed by atoms with E-state index < -0.39 is 97.9 Å². The number of fused-ring (bicyclic) bond motifs is 6. The molecule has 300 valence electrons. The van der Waals surface area contributed by atoms with Crippen molar-refractivity contribution in [1.29, 1.82) is 0 Å². The van der Waals surface area contributed by atoms with Crippen LogP contribution in [-0.2, 0) is 34.1 Å². The molecule has 3 aromatic rings. The van der Waals surface area contributed by atoms with Gasteiger partial charge in [0.1, 0.15) is 71.8 Å². The van der Waals surface area contributed by atoms with E-state index in [9.17, 15) is 55.2 Å². The number of aliphatic hydroxyl groups is 6. The first-order chi connectivity index (χ1) is 26.8. The topological polar surface area (TPSA) is 292 Å². The fourth-order valence-corrected chi connectivity index (χ4v) is 7.39. The standard InChI is InChI=1S/C37H40N2O17/c1-15(42)39-27-29(46)32(55-36-31(48)30(47)28(45)25(13-40)53-36)26(14-41)54-35(27)51-9-8-38-33(49)16-2-5-20-19(10-16)34(50)56-37(20)21-6-3-17(43)11-23(21)52-24-12-18(44)4-7-22(24)37/h2-7,10-12,25-32,35-36,40-41,43-48H,8-9,13-14H2,1H3,(H,38,49)(H,39,42)/t25-,26-,27-,28+,29-,30+,31-,32-,35-,36+/m1/s1. The predicted molar refractivity (Wildman–Crippen MR) is 184 cm³/mol. The fourth-order valence-electron chi connectivity index (χ4n) is 7.39. The van der Waals surface area contributed by atoms with Crippen molar-refractivity contribution >= 4 is 17.8 Å². The van der Waals surface area contributed by atoms with Gasteiger partial charge in [-0.25, -0.2) is 4.79 Å². The smallest absolute Gasteiger partial charge is 0.340 e. The number of rotatable bonds is 10. The largest absolute Gasteiger partial charge is 0.508 e. The van der Waals surface area contributed by atoms with E-state index in [1.54, 1.807) is 18.2 Å². The zero-order valence-electron chi connectivity index (χ0n) is 29.6. The van der Waals surface area contributed by atoms with Gasteiger partial charge in [-0.05, 0) is 36.4 Å². The van der Waals surface area contributed by atoms with Gasteiger partial charge in [-0.3, -0.25) is 9.59 Å². The quantitative estimate of drug-likeness (QED) is 0.0800. The van der Waals surface area contributed by atoms with E-state index >= 15 is 0 Å². The Labute approximate surface area is 317 Å². The van der Waals surface area contributed by atoms with E-state index in [2.05, 4.69) is 10.6 Å². The van der Waals surface area contributed by atoms with Crippen LogP contribution in [0.5, 0.6) is 23.0 Å². The number of benzene rings is 3. The third-order valence-corrected chi connectivity index (χ3v) is 10.1. The summed E-state index contributed by atoms with van der Waals surface area (Å²) in [5.41, 5.74) is -0.105. The Bertz CT molecular complexity index is 1940. The molecule has 2 amide bonds. The first-order valence-electron chi connectivity index (χ1n) is 17.6. The van der Waals surface area contributed by atoms with E-state index in [-0.39, 0.29) is 47.3 Å². The maximum atomic E-state index is 13.4. The van der Waals surface area contributed by atoms with Gasteiger partial charge in [0.15, 0.2) is 18.2 Å². The first-order valence-corrected chi connectivity index (χ1v) is 17.6. The number of nitrogens with one attached hydrogen (secondary N) is 2. The molecule has 3 aromatic carbocycles. The van der Waals surface area contributed by atoms with Crippen LogP contribution in [0.2, 0.25) is 0 Å². The number of hydrogen-bond acceptors (Lipinski definition) is 17. The summed E-state index contributed by atoms with van der Waals surface area (Å²) < 4.78 is 34.6. The van der Waals surface area contributed by atoms with Gasteiger partial charge in [-0.1, -0.05) is 6.07 Å². The predicted octanol–water partition coefficient (Wildman–Crippen LogP) is -1.82. The van der Waals surface area contributed by atoms with E-state index in [0.717, 1.165) is 0 Å². The molecule has 56 heavy (non-hydrogen) atoms. The number of aromatic hydroxyl groups is 2. The van der Waals surface area contributed by atoms with Gasteiger partial charge in [0.25, 0.3) is 5.91 Å². The summed E-state index contributed by atoms with van der Waals surface area (Å²) in [5, 5.41) is 87.0. The van der Waals surface area contributed by atoms with Crippen LogP contribution in [0.1, 0.15) is 44.3 Å². The van der Waals surface area contributed by atoms with Crippen LogP contribution in [0, 0.1) is 0 Å². The molecule has 4 aliphatic heterocycles. The molecule has 0 bridgehead atoms. The molecular formula is C37H40N2O17. The number of aliphatic hydroxyl groups excluding tert-OH is 6. The van der Waals surface area contributed by atoms with Crippen molar-refractivity contribution < 1.29 is 83.7 Å². The van der Waals surface area contributed by atoms with Gasteiger partial charge >= 0.3 is 5.97 Å². The average molecular weight is 785 g/mol. The van der Waals surface area contributed by atoms with Crippen molar-refractivity contribution in [2.75, 3.05) is 26.4 Å². The van der Waals surface area contributed by atoms with Gasteiger partial charge in [-0.15, -0.1) is 0 Å². The van der Waals surface area contributed by atoms with Gasteiger partial charge < -0.3 is 79.9 Å². The second-order valence-corrected chi connectivity index (χ2v) is 13.7. The minimum absolute atomic E-state index is 0.0899. The van der Waals surface area contributed by atoms with Crippen LogP contribution < -0.4 is 15.4 Å². The van der Waals surface area contributed by atoms with Crippen molar-refractivity contribution in [2.24, 2.45) is 0 Å². The highest BCUT2D eigenvalue weighted by Gasteiger charge is 2.54. The fraction of sp³-hybridized carbons (Fsp3) is 0.432. The van der Waals surface area contributed by atoms with E-state index in [1.807, 2.05) is 0 Å². The van der Waals surface area contributed by atoms with Gasteiger partial charge in [0.2, 0.25) is 5.91 Å². The SMILES string of the molecule is CC(=O)N[C@H]1[C@H](OCCNC(=O)c2ccc3c(c2)C(=O)OC32c3ccc(O)cc3Oc3cc(O)ccc32)O[C@H](CO)[C@@H](O[C@@H]2O[C@H](CO)[C@H](O)[C@H](O)[C@H]2O)[C@@H]1O. The van der Waals surface area contributed by atoms with E-state index in [4.69, 9.17) is 28.4 Å².